The van der Waals surface area contributed by atoms with Gasteiger partial charge in [0.05, 0.1) is 0 Å². The summed E-state index contributed by atoms with van der Waals surface area (Å²) in [6, 6.07) is 8.92. The van der Waals surface area contributed by atoms with Crippen LogP contribution in [0.25, 0.3) is 0 Å². The van der Waals surface area contributed by atoms with E-state index < -0.39 is 5.97 Å². The van der Waals surface area contributed by atoms with Crippen molar-refractivity contribution in [1.82, 2.24) is 0 Å². The molecule has 1 N–H and O–H groups in total. The van der Waals surface area contributed by atoms with Crippen molar-refractivity contribution in [1.29, 1.82) is 0 Å². The number of benzene rings is 1. The third-order valence-corrected chi connectivity index (χ3v) is 4.75. The first-order chi connectivity index (χ1) is 11.7. The van der Waals surface area contributed by atoms with E-state index in [1.807, 2.05) is 0 Å². The summed E-state index contributed by atoms with van der Waals surface area (Å²) in [7, 11) is 0. The molecule has 0 aliphatic heterocycles. The number of hydrogen-bond acceptors (Lipinski definition) is 1. The van der Waals surface area contributed by atoms with Gasteiger partial charge < -0.3 is 5.11 Å². The third kappa shape index (κ3) is 10.5. The third-order valence-electron chi connectivity index (χ3n) is 4.75. The molecule has 0 atom stereocenters. The van der Waals surface area contributed by atoms with Crippen LogP contribution in [-0.2, 0) is 17.6 Å². The van der Waals surface area contributed by atoms with E-state index in [0.29, 0.717) is 6.42 Å². The maximum Gasteiger partial charge on any atom is 0.303 e. The molecule has 0 bridgehead atoms. The minimum absolute atomic E-state index is 0.321. The molecule has 0 aromatic heterocycles. The predicted molar refractivity (Wildman–Crippen MR) is 103 cm³/mol. The largest absolute Gasteiger partial charge is 0.481 e. The molecular weight excluding hydrogens is 296 g/mol. The summed E-state index contributed by atoms with van der Waals surface area (Å²) in [5, 5.41) is 8.63. The van der Waals surface area contributed by atoms with Crippen molar-refractivity contribution >= 4 is 5.97 Å². The molecule has 2 nitrogen and oxygen atoms in total. The summed E-state index contributed by atoms with van der Waals surface area (Å²) < 4.78 is 0. The molecule has 24 heavy (non-hydrogen) atoms. The highest BCUT2D eigenvalue weighted by Gasteiger charge is 2.02. The molecule has 0 saturated heterocycles. The van der Waals surface area contributed by atoms with Crippen LogP contribution in [-0.4, -0.2) is 11.1 Å². The number of aliphatic carboxylic acids is 1. The van der Waals surface area contributed by atoms with Crippen molar-refractivity contribution in [2.45, 2.75) is 96.8 Å². The van der Waals surface area contributed by atoms with Gasteiger partial charge in [0.25, 0.3) is 0 Å². The molecule has 0 aliphatic rings. The number of hydrogen-bond donors (Lipinski definition) is 1. The Kier molecular flexibility index (Phi) is 12.2. The van der Waals surface area contributed by atoms with Crippen LogP contribution in [0.1, 0.15) is 95.1 Å². The van der Waals surface area contributed by atoms with Crippen LogP contribution in [0.15, 0.2) is 24.3 Å². The highest BCUT2D eigenvalue weighted by molar-refractivity contribution is 5.66. The second-order valence-electron chi connectivity index (χ2n) is 6.95. The van der Waals surface area contributed by atoms with Crippen molar-refractivity contribution in [3.05, 3.63) is 35.4 Å². The number of rotatable bonds is 15. The van der Waals surface area contributed by atoms with Gasteiger partial charge in [0.15, 0.2) is 0 Å². The van der Waals surface area contributed by atoms with E-state index in [1.165, 1.54) is 69.8 Å². The van der Waals surface area contributed by atoms with Gasteiger partial charge in [0.2, 0.25) is 0 Å². The summed E-state index contributed by atoms with van der Waals surface area (Å²) in [5.41, 5.74) is 3.07. The van der Waals surface area contributed by atoms with Gasteiger partial charge in [-0.05, 0) is 43.2 Å². The lowest BCUT2D eigenvalue weighted by atomic mass is 9.96. The summed E-state index contributed by atoms with van der Waals surface area (Å²) in [4.78, 5) is 10.5. The summed E-state index contributed by atoms with van der Waals surface area (Å²) in [5.74, 6) is -0.668. The molecule has 0 unspecified atom stereocenters. The topological polar surface area (TPSA) is 37.3 Å². The predicted octanol–water partition coefficient (Wildman–Crippen LogP) is 6.56. The van der Waals surface area contributed by atoms with Crippen LogP contribution in [0.3, 0.4) is 0 Å². The van der Waals surface area contributed by atoms with E-state index in [2.05, 4.69) is 31.2 Å². The molecule has 0 amide bonds. The SMILES string of the molecule is CCCCCCCCc1ccccc1CCCCCCCC(=O)O. The van der Waals surface area contributed by atoms with E-state index in [4.69, 9.17) is 5.11 Å². The normalized spacial score (nSPS) is 10.9. The maximum absolute atomic E-state index is 10.5. The summed E-state index contributed by atoms with van der Waals surface area (Å²) in [6.45, 7) is 2.27. The van der Waals surface area contributed by atoms with Crippen LogP contribution in [0, 0.1) is 0 Å². The van der Waals surface area contributed by atoms with Crippen LogP contribution >= 0.6 is 0 Å². The lowest BCUT2D eigenvalue weighted by Crippen LogP contribution is -1.96. The van der Waals surface area contributed by atoms with Crippen LogP contribution in [0.4, 0.5) is 0 Å². The molecule has 0 fully saturated rings. The fraction of sp³-hybridized carbons (Fsp3) is 0.682. The molecule has 0 spiro atoms. The first-order valence-corrected chi connectivity index (χ1v) is 10.0. The standard InChI is InChI=1S/C22H36O2/c1-2-3-4-5-7-10-15-20-17-13-14-18-21(20)16-11-8-6-9-12-19-22(23)24/h13-14,17-18H,2-12,15-16,19H2,1H3,(H,23,24). The summed E-state index contributed by atoms with van der Waals surface area (Å²) >= 11 is 0. The second kappa shape index (κ2) is 14.1. The zero-order valence-electron chi connectivity index (χ0n) is 15.6. The van der Waals surface area contributed by atoms with E-state index in [-0.39, 0.29) is 0 Å². The molecular formula is C22H36O2. The number of carbonyl (C=O) groups is 1. The molecule has 2 heteroatoms. The van der Waals surface area contributed by atoms with Gasteiger partial charge in [-0.25, -0.2) is 0 Å². The van der Waals surface area contributed by atoms with Gasteiger partial charge in [-0.1, -0.05) is 82.6 Å². The maximum atomic E-state index is 10.5. The zero-order valence-corrected chi connectivity index (χ0v) is 15.6. The van der Waals surface area contributed by atoms with Crippen molar-refractivity contribution in [2.75, 3.05) is 0 Å². The Balaban J connectivity index is 2.17. The Labute approximate surface area is 148 Å². The first-order valence-electron chi connectivity index (χ1n) is 10.0. The molecule has 1 rings (SSSR count). The Bertz CT molecular complexity index is 439. The van der Waals surface area contributed by atoms with Crippen molar-refractivity contribution in [2.24, 2.45) is 0 Å². The molecule has 1 aromatic rings. The molecule has 0 radical (unpaired) electrons. The first kappa shape index (κ1) is 20.7. The van der Waals surface area contributed by atoms with Crippen molar-refractivity contribution < 1.29 is 9.90 Å². The monoisotopic (exact) mass is 332 g/mol. The molecule has 136 valence electrons. The minimum atomic E-state index is -0.668. The van der Waals surface area contributed by atoms with Gasteiger partial charge in [0, 0.05) is 6.42 Å². The van der Waals surface area contributed by atoms with Crippen LogP contribution in [0.2, 0.25) is 0 Å². The number of carboxylic acid groups (broad SMARTS) is 1. The lowest BCUT2D eigenvalue weighted by molar-refractivity contribution is -0.137. The molecule has 1 aromatic carbocycles. The Morgan fingerprint density at radius 3 is 1.71 bits per heavy atom. The van der Waals surface area contributed by atoms with Gasteiger partial charge in [-0.2, -0.15) is 0 Å². The van der Waals surface area contributed by atoms with E-state index >= 15 is 0 Å². The minimum Gasteiger partial charge on any atom is -0.481 e. The van der Waals surface area contributed by atoms with Crippen LogP contribution in [0.5, 0.6) is 0 Å². The smallest absolute Gasteiger partial charge is 0.303 e. The average molecular weight is 333 g/mol. The average Bonchev–Trinajstić information content (AvgIpc) is 2.58. The molecule has 0 saturated carbocycles. The fourth-order valence-electron chi connectivity index (χ4n) is 3.26. The second-order valence-corrected chi connectivity index (χ2v) is 6.95. The van der Waals surface area contributed by atoms with Gasteiger partial charge in [-0.3, -0.25) is 4.79 Å². The van der Waals surface area contributed by atoms with Crippen molar-refractivity contribution in [3.63, 3.8) is 0 Å². The highest BCUT2D eigenvalue weighted by atomic mass is 16.4. The molecule has 0 aliphatic carbocycles. The quantitative estimate of drug-likeness (QED) is 0.369. The Hall–Kier alpha value is -1.31. The Morgan fingerprint density at radius 2 is 1.21 bits per heavy atom. The summed E-state index contributed by atoms with van der Waals surface area (Å²) in [6.07, 6.45) is 16.3. The number of carboxylic acids is 1. The van der Waals surface area contributed by atoms with E-state index in [0.717, 1.165) is 19.3 Å². The van der Waals surface area contributed by atoms with Gasteiger partial charge in [0.1, 0.15) is 0 Å². The van der Waals surface area contributed by atoms with Crippen LogP contribution < -0.4 is 0 Å². The lowest BCUT2D eigenvalue weighted by Gasteiger charge is -2.09. The molecule has 0 heterocycles. The van der Waals surface area contributed by atoms with E-state index in [9.17, 15) is 4.79 Å². The van der Waals surface area contributed by atoms with Gasteiger partial charge in [-0.15, -0.1) is 0 Å². The number of unbranched alkanes of at least 4 members (excludes halogenated alkanes) is 9. The highest BCUT2D eigenvalue weighted by Crippen LogP contribution is 2.17. The van der Waals surface area contributed by atoms with Crippen molar-refractivity contribution in [3.8, 4) is 0 Å². The fourth-order valence-corrected chi connectivity index (χ4v) is 3.26. The number of aryl methyl sites for hydroxylation is 2. The van der Waals surface area contributed by atoms with E-state index in [1.54, 1.807) is 5.56 Å². The van der Waals surface area contributed by atoms with Gasteiger partial charge >= 0.3 is 5.97 Å². The Morgan fingerprint density at radius 1 is 0.750 bits per heavy atom. The zero-order chi connectivity index (χ0) is 17.5.